The lowest BCUT2D eigenvalue weighted by Crippen LogP contribution is -2.34. The molecule has 1 amide bonds. The van der Waals surface area contributed by atoms with Crippen molar-refractivity contribution in [3.63, 3.8) is 0 Å². The molecular formula is C10H18BrNO. The van der Waals surface area contributed by atoms with E-state index < -0.39 is 0 Å². The van der Waals surface area contributed by atoms with Crippen molar-refractivity contribution in [2.24, 2.45) is 5.92 Å². The van der Waals surface area contributed by atoms with Crippen LogP contribution in [0.2, 0.25) is 0 Å². The van der Waals surface area contributed by atoms with Crippen molar-refractivity contribution in [2.75, 3.05) is 18.4 Å². The minimum absolute atomic E-state index is 0.339. The third kappa shape index (κ3) is 3.29. The Kier molecular flexibility index (Phi) is 4.78. The van der Waals surface area contributed by atoms with Crippen molar-refractivity contribution in [2.45, 2.75) is 32.6 Å². The highest BCUT2D eigenvalue weighted by atomic mass is 79.9. The average Bonchev–Trinajstić information content (AvgIpc) is 2.07. The molecule has 0 aromatic heterocycles. The molecule has 1 aliphatic carbocycles. The molecule has 1 rings (SSSR count). The van der Waals surface area contributed by atoms with Gasteiger partial charge < -0.3 is 4.90 Å². The van der Waals surface area contributed by atoms with Crippen LogP contribution in [0.25, 0.3) is 0 Å². The number of carbonyl (C=O) groups excluding carboxylic acids is 1. The molecule has 0 heterocycles. The molecule has 13 heavy (non-hydrogen) atoms. The summed E-state index contributed by atoms with van der Waals surface area (Å²) in [6, 6.07) is 0. The lowest BCUT2D eigenvalue weighted by Gasteiger charge is -2.28. The fourth-order valence-corrected chi connectivity index (χ4v) is 2.06. The number of hydrogen-bond acceptors (Lipinski definition) is 1. The van der Waals surface area contributed by atoms with Crippen LogP contribution in [0.1, 0.15) is 32.6 Å². The van der Waals surface area contributed by atoms with Gasteiger partial charge in [-0.3, -0.25) is 4.79 Å². The van der Waals surface area contributed by atoms with Gasteiger partial charge in [-0.05, 0) is 25.7 Å². The summed E-state index contributed by atoms with van der Waals surface area (Å²) in [4.78, 5) is 13.6. The minimum Gasteiger partial charge on any atom is -0.342 e. The Morgan fingerprint density at radius 3 is 2.62 bits per heavy atom. The summed E-state index contributed by atoms with van der Waals surface area (Å²) in [5.41, 5.74) is 0. The summed E-state index contributed by atoms with van der Waals surface area (Å²) in [6.45, 7) is 3.74. The second-order valence-corrected chi connectivity index (χ2v) is 4.46. The van der Waals surface area contributed by atoms with Gasteiger partial charge in [-0.25, -0.2) is 0 Å². The smallest absolute Gasteiger partial charge is 0.222 e. The predicted octanol–water partition coefficient (Wildman–Crippen LogP) is 2.42. The third-order valence-electron chi connectivity index (χ3n) is 2.78. The van der Waals surface area contributed by atoms with E-state index in [4.69, 9.17) is 0 Å². The highest BCUT2D eigenvalue weighted by Crippen LogP contribution is 2.29. The summed E-state index contributed by atoms with van der Waals surface area (Å²) >= 11 is 3.36. The maximum absolute atomic E-state index is 11.7. The molecule has 0 radical (unpaired) electrons. The van der Waals surface area contributed by atoms with Gasteiger partial charge in [-0.1, -0.05) is 22.4 Å². The van der Waals surface area contributed by atoms with Gasteiger partial charge in [-0.15, -0.1) is 0 Å². The van der Waals surface area contributed by atoms with Crippen LogP contribution in [0.3, 0.4) is 0 Å². The first kappa shape index (κ1) is 11.0. The van der Waals surface area contributed by atoms with E-state index in [1.54, 1.807) is 0 Å². The molecule has 0 saturated heterocycles. The van der Waals surface area contributed by atoms with E-state index >= 15 is 0 Å². The molecule has 0 atom stereocenters. The van der Waals surface area contributed by atoms with Crippen LogP contribution in [0.15, 0.2) is 0 Å². The number of nitrogens with zero attached hydrogens (tertiary/aromatic N) is 1. The second kappa shape index (κ2) is 5.63. The molecule has 0 spiro atoms. The molecule has 0 aromatic rings. The SMILES string of the molecule is CCN(CCBr)C(=O)CC1CCC1. The van der Waals surface area contributed by atoms with E-state index in [0.717, 1.165) is 24.8 Å². The van der Waals surface area contributed by atoms with Crippen LogP contribution in [-0.2, 0) is 4.79 Å². The van der Waals surface area contributed by atoms with E-state index in [0.29, 0.717) is 11.8 Å². The quantitative estimate of drug-likeness (QED) is 0.684. The fraction of sp³-hybridized carbons (Fsp3) is 0.900. The van der Waals surface area contributed by atoms with Gasteiger partial charge in [0.25, 0.3) is 0 Å². The van der Waals surface area contributed by atoms with Crippen LogP contribution >= 0.6 is 15.9 Å². The Morgan fingerprint density at radius 1 is 1.54 bits per heavy atom. The first-order valence-electron chi connectivity index (χ1n) is 5.11. The van der Waals surface area contributed by atoms with Crippen molar-refractivity contribution in [3.05, 3.63) is 0 Å². The van der Waals surface area contributed by atoms with Crippen LogP contribution in [0, 0.1) is 5.92 Å². The van der Waals surface area contributed by atoms with Gasteiger partial charge in [0.05, 0.1) is 0 Å². The lowest BCUT2D eigenvalue weighted by molar-refractivity contribution is -0.132. The minimum atomic E-state index is 0.339. The van der Waals surface area contributed by atoms with Gasteiger partial charge in [0, 0.05) is 24.8 Å². The Bertz CT molecular complexity index is 168. The van der Waals surface area contributed by atoms with Gasteiger partial charge in [0.1, 0.15) is 0 Å². The Labute approximate surface area is 88.8 Å². The van der Waals surface area contributed by atoms with Crippen LogP contribution in [-0.4, -0.2) is 29.2 Å². The number of rotatable bonds is 5. The number of carbonyl (C=O) groups is 1. The molecule has 2 nitrogen and oxygen atoms in total. The van der Waals surface area contributed by atoms with E-state index in [1.165, 1.54) is 19.3 Å². The van der Waals surface area contributed by atoms with Crippen molar-refractivity contribution < 1.29 is 4.79 Å². The lowest BCUT2D eigenvalue weighted by atomic mass is 9.83. The zero-order valence-electron chi connectivity index (χ0n) is 8.26. The van der Waals surface area contributed by atoms with Crippen LogP contribution < -0.4 is 0 Å². The summed E-state index contributed by atoms with van der Waals surface area (Å²) < 4.78 is 0. The van der Waals surface area contributed by atoms with Crippen LogP contribution in [0.5, 0.6) is 0 Å². The molecule has 76 valence electrons. The second-order valence-electron chi connectivity index (χ2n) is 3.66. The Hall–Kier alpha value is -0.0500. The highest BCUT2D eigenvalue weighted by molar-refractivity contribution is 9.09. The molecule has 0 N–H and O–H groups in total. The largest absolute Gasteiger partial charge is 0.342 e. The summed E-state index contributed by atoms with van der Waals surface area (Å²) in [6.07, 6.45) is 4.62. The fourth-order valence-electron chi connectivity index (χ4n) is 1.63. The topological polar surface area (TPSA) is 20.3 Å². The van der Waals surface area contributed by atoms with E-state index in [-0.39, 0.29) is 0 Å². The molecule has 0 aliphatic heterocycles. The summed E-state index contributed by atoms with van der Waals surface area (Å²) in [5.74, 6) is 1.03. The summed E-state index contributed by atoms with van der Waals surface area (Å²) in [7, 11) is 0. The van der Waals surface area contributed by atoms with E-state index in [1.807, 2.05) is 11.8 Å². The maximum atomic E-state index is 11.7. The predicted molar refractivity (Wildman–Crippen MR) is 58.0 cm³/mol. The van der Waals surface area contributed by atoms with Crippen LogP contribution in [0.4, 0.5) is 0 Å². The number of hydrogen-bond donors (Lipinski definition) is 0. The zero-order valence-corrected chi connectivity index (χ0v) is 9.85. The Balaban J connectivity index is 2.25. The van der Waals surface area contributed by atoms with E-state index in [9.17, 15) is 4.79 Å². The molecule has 0 aromatic carbocycles. The summed E-state index contributed by atoms with van der Waals surface area (Å²) in [5, 5.41) is 0.886. The standard InChI is InChI=1S/C10H18BrNO/c1-2-12(7-6-11)10(13)8-9-4-3-5-9/h9H,2-8H2,1H3. The van der Waals surface area contributed by atoms with Gasteiger partial charge in [-0.2, -0.15) is 0 Å². The molecule has 3 heteroatoms. The molecule has 1 aliphatic rings. The van der Waals surface area contributed by atoms with Crippen molar-refractivity contribution in [1.82, 2.24) is 4.90 Å². The molecule has 0 bridgehead atoms. The third-order valence-corrected chi connectivity index (χ3v) is 3.13. The first-order valence-corrected chi connectivity index (χ1v) is 6.23. The van der Waals surface area contributed by atoms with Gasteiger partial charge in [0.15, 0.2) is 0 Å². The zero-order chi connectivity index (χ0) is 9.68. The molecule has 1 fully saturated rings. The molecule has 0 unspecified atom stereocenters. The highest BCUT2D eigenvalue weighted by Gasteiger charge is 2.22. The van der Waals surface area contributed by atoms with Crippen molar-refractivity contribution >= 4 is 21.8 Å². The molecule has 1 saturated carbocycles. The van der Waals surface area contributed by atoms with Crippen molar-refractivity contribution in [1.29, 1.82) is 0 Å². The normalized spacial score (nSPS) is 16.8. The first-order chi connectivity index (χ1) is 6.27. The average molecular weight is 248 g/mol. The number of amides is 1. The number of alkyl halides is 1. The maximum Gasteiger partial charge on any atom is 0.222 e. The molecular weight excluding hydrogens is 230 g/mol. The van der Waals surface area contributed by atoms with Gasteiger partial charge >= 0.3 is 0 Å². The Morgan fingerprint density at radius 2 is 2.23 bits per heavy atom. The van der Waals surface area contributed by atoms with E-state index in [2.05, 4.69) is 15.9 Å². The monoisotopic (exact) mass is 247 g/mol. The van der Waals surface area contributed by atoms with Gasteiger partial charge in [0.2, 0.25) is 5.91 Å². The van der Waals surface area contributed by atoms with Crippen molar-refractivity contribution in [3.8, 4) is 0 Å². The number of halogens is 1.